The lowest BCUT2D eigenvalue weighted by Gasteiger charge is -2.20. The Hall–Kier alpha value is -3.03. The summed E-state index contributed by atoms with van der Waals surface area (Å²) >= 11 is 0. The topological polar surface area (TPSA) is 81.8 Å². The number of aromatic nitrogens is 4. The summed E-state index contributed by atoms with van der Waals surface area (Å²) < 4.78 is 16.5. The Bertz CT molecular complexity index is 1100. The van der Waals surface area contributed by atoms with E-state index in [2.05, 4.69) is 15.4 Å². The average Bonchev–Trinajstić information content (AvgIpc) is 3.19. The fraction of sp³-hybridized carbons (Fsp3) is 0.478. The average molecular weight is 426 g/mol. The van der Waals surface area contributed by atoms with Crippen LogP contribution in [0.3, 0.4) is 0 Å². The van der Waals surface area contributed by atoms with Crippen molar-refractivity contribution >= 4 is 16.9 Å². The Morgan fingerprint density at radius 2 is 2.06 bits per heavy atom. The van der Waals surface area contributed by atoms with E-state index in [0.717, 1.165) is 6.42 Å². The maximum absolute atomic E-state index is 13.4. The first kappa shape index (κ1) is 21.2. The molecule has 0 unspecified atom stereocenters. The van der Waals surface area contributed by atoms with Crippen LogP contribution >= 0.6 is 0 Å². The number of nitrogens with zero attached hydrogens (tertiary/aromatic N) is 4. The summed E-state index contributed by atoms with van der Waals surface area (Å²) in [4.78, 5) is 29.3. The Labute approximate surface area is 180 Å². The van der Waals surface area contributed by atoms with Gasteiger partial charge in [-0.2, -0.15) is 5.10 Å². The Morgan fingerprint density at radius 1 is 1.23 bits per heavy atom. The van der Waals surface area contributed by atoms with Crippen molar-refractivity contribution in [2.24, 2.45) is 5.92 Å². The molecule has 1 aromatic carbocycles. The molecule has 0 bridgehead atoms. The molecule has 0 atom stereocenters. The number of benzene rings is 1. The van der Waals surface area contributed by atoms with E-state index < -0.39 is 0 Å². The lowest BCUT2D eigenvalue weighted by molar-refractivity contribution is -0.121. The molecule has 7 nitrogen and oxygen atoms in total. The predicted molar refractivity (Wildman–Crippen MR) is 116 cm³/mol. The van der Waals surface area contributed by atoms with Crippen LogP contribution < -0.4 is 10.9 Å². The summed E-state index contributed by atoms with van der Waals surface area (Å²) in [5.41, 5.74) is 0.945. The van der Waals surface area contributed by atoms with Gasteiger partial charge in [0, 0.05) is 13.0 Å². The molecule has 8 heteroatoms. The van der Waals surface area contributed by atoms with E-state index in [9.17, 15) is 14.0 Å². The highest BCUT2D eigenvalue weighted by Crippen LogP contribution is 2.27. The third-order valence-corrected chi connectivity index (χ3v) is 6.01. The van der Waals surface area contributed by atoms with E-state index in [-0.39, 0.29) is 23.8 Å². The molecular weight excluding hydrogens is 397 g/mol. The second-order valence-electron chi connectivity index (χ2n) is 8.31. The van der Waals surface area contributed by atoms with Crippen LogP contribution in [0.25, 0.3) is 11.0 Å². The van der Waals surface area contributed by atoms with Crippen molar-refractivity contribution in [2.75, 3.05) is 6.54 Å². The lowest BCUT2D eigenvalue weighted by atomic mass is 9.86. The number of nitrogens with one attached hydrogen (secondary N) is 1. The first-order valence-electron chi connectivity index (χ1n) is 11.0. The molecule has 1 fully saturated rings. The number of carbonyl (C=O) groups excluding carboxylic acids is 1. The zero-order valence-electron chi connectivity index (χ0n) is 17.6. The minimum atomic E-state index is -0.340. The largest absolute Gasteiger partial charge is 0.354 e. The molecule has 1 amide bonds. The fourth-order valence-electron chi connectivity index (χ4n) is 4.31. The van der Waals surface area contributed by atoms with Gasteiger partial charge in [-0.25, -0.2) is 14.1 Å². The molecule has 31 heavy (non-hydrogen) atoms. The second-order valence-corrected chi connectivity index (χ2v) is 8.31. The highest BCUT2D eigenvalue weighted by atomic mass is 19.1. The number of fused-ring (bicyclic) bond motifs is 1. The molecule has 1 aliphatic rings. The lowest BCUT2D eigenvalue weighted by Crippen LogP contribution is -2.28. The maximum atomic E-state index is 13.4. The molecule has 1 N–H and O–H groups in total. The maximum Gasteiger partial charge on any atom is 0.264 e. The van der Waals surface area contributed by atoms with Crippen molar-refractivity contribution in [3.05, 3.63) is 58.5 Å². The zero-order chi connectivity index (χ0) is 21.6. The Morgan fingerprint density at radius 3 is 2.87 bits per heavy atom. The molecule has 0 aliphatic heterocycles. The van der Waals surface area contributed by atoms with Gasteiger partial charge in [0.1, 0.15) is 17.5 Å². The predicted octanol–water partition coefficient (Wildman–Crippen LogP) is 3.26. The monoisotopic (exact) mass is 425 g/mol. The van der Waals surface area contributed by atoms with E-state index in [0.29, 0.717) is 42.0 Å². The SMILES string of the molecule is O=C(CCC1CCCCC1)NCCn1ncc2c(=O)n(Cc3cccc(F)c3)cnc21. The van der Waals surface area contributed by atoms with E-state index in [1.165, 1.54) is 61.3 Å². The van der Waals surface area contributed by atoms with Crippen LogP contribution in [-0.4, -0.2) is 31.8 Å². The number of hydrogen-bond donors (Lipinski definition) is 1. The first-order chi connectivity index (χ1) is 15.1. The van der Waals surface area contributed by atoms with Gasteiger partial charge in [-0.3, -0.25) is 14.2 Å². The quantitative estimate of drug-likeness (QED) is 0.601. The number of halogens is 1. The van der Waals surface area contributed by atoms with Crippen molar-refractivity contribution in [3.8, 4) is 0 Å². The molecule has 1 saturated carbocycles. The van der Waals surface area contributed by atoms with E-state index >= 15 is 0 Å². The van der Waals surface area contributed by atoms with E-state index in [4.69, 9.17) is 0 Å². The molecule has 0 saturated heterocycles. The van der Waals surface area contributed by atoms with E-state index in [1.807, 2.05) is 0 Å². The highest BCUT2D eigenvalue weighted by molar-refractivity contribution is 5.76. The summed E-state index contributed by atoms with van der Waals surface area (Å²) in [5, 5.41) is 7.61. The molecule has 4 rings (SSSR count). The first-order valence-corrected chi connectivity index (χ1v) is 11.0. The molecular formula is C23H28FN5O2. The van der Waals surface area contributed by atoms with Crippen LogP contribution in [0, 0.1) is 11.7 Å². The number of amides is 1. The molecule has 3 aromatic rings. The third kappa shape index (κ3) is 5.37. The molecule has 0 spiro atoms. The minimum absolute atomic E-state index is 0.0624. The highest BCUT2D eigenvalue weighted by Gasteiger charge is 2.15. The summed E-state index contributed by atoms with van der Waals surface area (Å²) in [6.07, 6.45) is 10.9. The van der Waals surface area contributed by atoms with Crippen molar-refractivity contribution in [1.82, 2.24) is 24.6 Å². The van der Waals surface area contributed by atoms with Gasteiger partial charge in [0.05, 0.1) is 19.3 Å². The molecule has 2 aromatic heterocycles. The van der Waals surface area contributed by atoms with Gasteiger partial charge in [0.2, 0.25) is 5.91 Å². The third-order valence-electron chi connectivity index (χ3n) is 6.01. The van der Waals surface area contributed by atoms with Crippen LogP contribution in [0.15, 0.2) is 41.6 Å². The normalized spacial score (nSPS) is 14.7. The fourth-order valence-corrected chi connectivity index (χ4v) is 4.31. The van der Waals surface area contributed by atoms with Gasteiger partial charge >= 0.3 is 0 Å². The number of rotatable bonds is 8. The van der Waals surface area contributed by atoms with Crippen LogP contribution in [-0.2, 0) is 17.9 Å². The number of hydrogen-bond acceptors (Lipinski definition) is 4. The van der Waals surface area contributed by atoms with Crippen LogP contribution in [0.1, 0.15) is 50.5 Å². The summed E-state index contributed by atoms with van der Waals surface area (Å²) in [6.45, 7) is 1.12. The van der Waals surface area contributed by atoms with Crippen molar-refractivity contribution in [3.63, 3.8) is 0 Å². The second kappa shape index (κ2) is 9.85. The minimum Gasteiger partial charge on any atom is -0.354 e. The van der Waals surface area contributed by atoms with Crippen LogP contribution in [0.4, 0.5) is 4.39 Å². The van der Waals surface area contributed by atoms with Crippen LogP contribution in [0.2, 0.25) is 0 Å². The van der Waals surface area contributed by atoms with Crippen molar-refractivity contribution < 1.29 is 9.18 Å². The molecule has 164 valence electrons. The van der Waals surface area contributed by atoms with E-state index in [1.54, 1.807) is 16.8 Å². The van der Waals surface area contributed by atoms with Gasteiger partial charge < -0.3 is 5.32 Å². The summed E-state index contributed by atoms with van der Waals surface area (Å²) in [6, 6.07) is 6.15. The summed E-state index contributed by atoms with van der Waals surface area (Å²) in [7, 11) is 0. The van der Waals surface area contributed by atoms with Crippen molar-refractivity contribution in [1.29, 1.82) is 0 Å². The van der Waals surface area contributed by atoms with Gasteiger partial charge in [-0.05, 0) is 30.0 Å². The standard InChI is InChI=1S/C23H28FN5O2/c24-19-8-4-7-18(13-19)15-28-16-26-22-20(23(28)31)14-27-29(22)12-11-25-21(30)10-9-17-5-2-1-3-6-17/h4,7-8,13-14,16-17H,1-3,5-6,9-12,15H2,(H,25,30). The Balaban J connectivity index is 1.33. The van der Waals surface area contributed by atoms with Gasteiger partial charge in [-0.1, -0.05) is 44.2 Å². The van der Waals surface area contributed by atoms with Gasteiger partial charge in [-0.15, -0.1) is 0 Å². The molecule has 2 heterocycles. The van der Waals surface area contributed by atoms with Crippen molar-refractivity contribution in [2.45, 2.75) is 58.0 Å². The summed E-state index contributed by atoms with van der Waals surface area (Å²) in [5.74, 6) is 0.411. The Kier molecular flexibility index (Phi) is 6.74. The zero-order valence-corrected chi connectivity index (χ0v) is 17.6. The van der Waals surface area contributed by atoms with Crippen LogP contribution in [0.5, 0.6) is 0 Å². The number of carbonyl (C=O) groups is 1. The van der Waals surface area contributed by atoms with Gasteiger partial charge in [0.15, 0.2) is 5.65 Å². The molecule has 1 aliphatic carbocycles. The smallest absolute Gasteiger partial charge is 0.264 e. The molecule has 0 radical (unpaired) electrons. The van der Waals surface area contributed by atoms with Gasteiger partial charge in [0.25, 0.3) is 5.56 Å².